The summed E-state index contributed by atoms with van der Waals surface area (Å²) in [4.78, 5) is -0.386. The lowest BCUT2D eigenvalue weighted by Crippen LogP contribution is -2.16. The summed E-state index contributed by atoms with van der Waals surface area (Å²) in [6, 6.07) is 5.63. The van der Waals surface area contributed by atoms with Crippen molar-refractivity contribution in [1.82, 2.24) is 0 Å². The number of sulfone groups is 1. The lowest BCUT2D eigenvalue weighted by molar-refractivity contribution is 0.141. The molecule has 0 amide bonds. The predicted octanol–water partition coefficient (Wildman–Crippen LogP) is 2.91. The van der Waals surface area contributed by atoms with Crippen molar-refractivity contribution in [3.63, 3.8) is 0 Å². The van der Waals surface area contributed by atoms with E-state index in [0.717, 1.165) is 12.8 Å². The monoisotopic (exact) mass is 307 g/mol. The Labute approximate surface area is 118 Å². The number of anilines is 1. The molecule has 1 aromatic rings. The summed E-state index contributed by atoms with van der Waals surface area (Å²) in [6.45, 7) is 3.44. The molecule has 0 heterocycles. The Bertz CT molecular complexity index is 506. The summed E-state index contributed by atoms with van der Waals surface area (Å²) in [5.41, 5.74) is 0.173. The summed E-state index contributed by atoms with van der Waals surface area (Å²) >= 11 is 0. The number of para-hydroxylation sites is 1. The van der Waals surface area contributed by atoms with Gasteiger partial charge in [-0.15, -0.1) is 0 Å². The molecule has 4 nitrogen and oxygen atoms in total. The second-order valence-electron chi connectivity index (χ2n) is 4.19. The molecule has 0 saturated carbocycles. The van der Waals surface area contributed by atoms with E-state index in [0.29, 0.717) is 19.8 Å². The van der Waals surface area contributed by atoms with Crippen LogP contribution in [0.4, 0.5) is 14.5 Å². The first-order valence-corrected chi connectivity index (χ1v) is 7.97. The maximum absolute atomic E-state index is 12.6. The summed E-state index contributed by atoms with van der Waals surface area (Å²) in [6.07, 6.45) is 1.99. The SMILES string of the molecule is CCCCOCCNc1ccccc1S(=O)(=O)C(F)F. The standard InChI is InChI=1S/C13H19F2NO3S/c1-2-3-9-19-10-8-16-11-6-4-5-7-12(11)20(17,18)13(14)15/h4-7,13,16H,2-3,8-10H2,1H3. The molecule has 0 aliphatic heterocycles. The minimum absolute atomic E-state index is 0.173. The smallest absolute Gasteiger partial charge is 0.341 e. The molecule has 0 unspecified atom stereocenters. The van der Waals surface area contributed by atoms with E-state index in [9.17, 15) is 17.2 Å². The topological polar surface area (TPSA) is 55.4 Å². The Kier molecular flexibility index (Phi) is 6.87. The van der Waals surface area contributed by atoms with E-state index in [2.05, 4.69) is 5.32 Å². The molecule has 1 rings (SSSR count). The number of rotatable bonds is 9. The summed E-state index contributed by atoms with van der Waals surface area (Å²) in [5, 5.41) is 2.81. The molecule has 0 bridgehead atoms. The fraction of sp³-hybridized carbons (Fsp3) is 0.538. The average Bonchev–Trinajstić information content (AvgIpc) is 2.43. The molecular weight excluding hydrogens is 288 g/mol. The van der Waals surface area contributed by atoms with E-state index in [1.54, 1.807) is 6.07 Å². The van der Waals surface area contributed by atoms with Crippen molar-refractivity contribution in [2.75, 3.05) is 25.1 Å². The maximum Gasteiger partial charge on any atom is 0.341 e. The Balaban J connectivity index is 2.63. The molecule has 0 aromatic heterocycles. The molecule has 7 heteroatoms. The zero-order valence-corrected chi connectivity index (χ0v) is 12.1. The predicted molar refractivity (Wildman–Crippen MR) is 73.8 cm³/mol. The van der Waals surface area contributed by atoms with Gasteiger partial charge in [-0.1, -0.05) is 25.5 Å². The van der Waals surface area contributed by atoms with Gasteiger partial charge in [-0.2, -0.15) is 8.78 Å². The third-order valence-electron chi connectivity index (χ3n) is 2.63. The number of hydrogen-bond acceptors (Lipinski definition) is 4. The van der Waals surface area contributed by atoms with Crippen LogP contribution in [0.2, 0.25) is 0 Å². The van der Waals surface area contributed by atoms with Gasteiger partial charge in [0.25, 0.3) is 0 Å². The van der Waals surface area contributed by atoms with Crippen LogP contribution in [0.5, 0.6) is 0 Å². The first-order chi connectivity index (χ1) is 9.50. The molecule has 1 N–H and O–H groups in total. The van der Waals surface area contributed by atoms with Gasteiger partial charge in [-0.3, -0.25) is 0 Å². The van der Waals surface area contributed by atoms with Crippen LogP contribution in [-0.2, 0) is 14.6 Å². The lowest BCUT2D eigenvalue weighted by atomic mass is 10.3. The van der Waals surface area contributed by atoms with Gasteiger partial charge in [0.2, 0.25) is 9.84 Å². The maximum atomic E-state index is 12.6. The van der Waals surface area contributed by atoms with Crippen LogP contribution in [0.1, 0.15) is 19.8 Å². The Hall–Kier alpha value is -1.21. The van der Waals surface area contributed by atoms with Crippen molar-refractivity contribution >= 4 is 15.5 Å². The van der Waals surface area contributed by atoms with E-state index in [-0.39, 0.29) is 10.6 Å². The Morgan fingerprint density at radius 1 is 1.25 bits per heavy atom. The van der Waals surface area contributed by atoms with Crippen molar-refractivity contribution in [3.8, 4) is 0 Å². The third kappa shape index (κ3) is 4.72. The van der Waals surface area contributed by atoms with Gasteiger partial charge in [0.05, 0.1) is 17.2 Å². The fourth-order valence-electron chi connectivity index (χ4n) is 1.56. The number of unbranched alkanes of at least 4 members (excludes halogenated alkanes) is 1. The van der Waals surface area contributed by atoms with Crippen LogP contribution >= 0.6 is 0 Å². The van der Waals surface area contributed by atoms with Crippen molar-refractivity contribution < 1.29 is 21.9 Å². The molecule has 0 spiro atoms. The van der Waals surface area contributed by atoms with Crippen molar-refractivity contribution in [2.45, 2.75) is 30.4 Å². The van der Waals surface area contributed by atoms with E-state index in [1.165, 1.54) is 18.2 Å². The highest BCUT2D eigenvalue weighted by atomic mass is 32.2. The largest absolute Gasteiger partial charge is 0.382 e. The van der Waals surface area contributed by atoms with Gasteiger partial charge >= 0.3 is 5.76 Å². The average molecular weight is 307 g/mol. The van der Waals surface area contributed by atoms with E-state index >= 15 is 0 Å². The molecule has 0 radical (unpaired) electrons. The van der Waals surface area contributed by atoms with Crippen LogP contribution < -0.4 is 5.32 Å². The Morgan fingerprint density at radius 3 is 2.60 bits per heavy atom. The van der Waals surface area contributed by atoms with Crippen LogP contribution in [0.3, 0.4) is 0 Å². The Morgan fingerprint density at radius 2 is 1.95 bits per heavy atom. The molecule has 20 heavy (non-hydrogen) atoms. The number of benzene rings is 1. The van der Waals surface area contributed by atoms with Crippen LogP contribution in [0, 0.1) is 0 Å². The van der Waals surface area contributed by atoms with Crippen LogP contribution in [0.25, 0.3) is 0 Å². The minimum atomic E-state index is -4.60. The van der Waals surface area contributed by atoms with Crippen molar-refractivity contribution in [2.24, 2.45) is 0 Å². The molecule has 0 saturated heterocycles. The molecule has 0 aliphatic carbocycles. The highest BCUT2D eigenvalue weighted by Gasteiger charge is 2.28. The molecular formula is C13H19F2NO3S. The highest BCUT2D eigenvalue weighted by molar-refractivity contribution is 7.91. The molecule has 0 fully saturated rings. The number of nitrogens with one attached hydrogen (secondary N) is 1. The zero-order chi connectivity index (χ0) is 15.0. The molecule has 114 valence electrons. The van der Waals surface area contributed by atoms with Crippen molar-refractivity contribution in [1.29, 1.82) is 0 Å². The van der Waals surface area contributed by atoms with Gasteiger partial charge in [-0.25, -0.2) is 8.42 Å². The third-order valence-corrected chi connectivity index (χ3v) is 4.07. The zero-order valence-electron chi connectivity index (χ0n) is 11.3. The minimum Gasteiger partial charge on any atom is -0.382 e. The first kappa shape index (κ1) is 16.8. The summed E-state index contributed by atoms with van der Waals surface area (Å²) in [5.74, 6) is -3.42. The fourth-order valence-corrected chi connectivity index (χ4v) is 2.47. The number of hydrogen-bond donors (Lipinski definition) is 1. The van der Waals surface area contributed by atoms with E-state index in [1.807, 2.05) is 6.92 Å². The van der Waals surface area contributed by atoms with Gasteiger partial charge in [0.15, 0.2) is 0 Å². The second kappa shape index (κ2) is 8.16. The first-order valence-electron chi connectivity index (χ1n) is 6.42. The highest BCUT2D eigenvalue weighted by Crippen LogP contribution is 2.25. The number of ether oxygens (including phenoxy) is 1. The molecule has 1 aromatic carbocycles. The molecule has 0 aliphatic rings. The summed E-state index contributed by atoms with van der Waals surface area (Å²) < 4.78 is 53.5. The van der Waals surface area contributed by atoms with Gasteiger partial charge in [0.1, 0.15) is 0 Å². The number of halogens is 2. The van der Waals surface area contributed by atoms with Gasteiger partial charge in [-0.05, 0) is 18.6 Å². The van der Waals surface area contributed by atoms with Gasteiger partial charge < -0.3 is 10.1 Å². The number of alkyl halides is 2. The van der Waals surface area contributed by atoms with Gasteiger partial charge in [0, 0.05) is 13.2 Å². The second-order valence-corrected chi connectivity index (χ2v) is 6.08. The van der Waals surface area contributed by atoms with Crippen molar-refractivity contribution in [3.05, 3.63) is 24.3 Å². The quantitative estimate of drug-likeness (QED) is 0.713. The van der Waals surface area contributed by atoms with Crippen LogP contribution in [-0.4, -0.2) is 33.9 Å². The van der Waals surface area contributed by atoms with E-state index < -0.39 is 15.6 Å². The van der Waals surface area contributed by atoms with Crippen LogP contribution in [0.15, 0.2) is 29.2 Å². The lowest BCUT2D eigenvalue weighted by Gasteiger charge is -2.12. The summed E-state index contributed by atoms with van der Waals surface area (Å²) in [7, 11) is -4.60. The van der Waals surface area contributed by atoms with E-state index in [4.69, 9.17) is 4.74 Å². The molecule has 0 atom stereocenters. The normalized spacial score (nSPS) is 11.8.